The highest BCUT2D eigenvalue weighted by Crippen LogP contribution is 2.25. The topological polar surface area (TPSA) is 48.4 Å². The molecule has 0 atom stereocenters. The van der Waals surface area contributed by atoms with E-state index >= 15 is 0 Å². The molecule has 0 unspecified atom stereocenters. The Hall–Kier alpha value is -2.36. The third-order valence-electron chi connectivity index (χ3n) is 3.35. The number of rotatable bonds is 6. The number of nitrogens with zero attached hydrogens (tertiary/aromatic N) is 1. The Balaban J connectivity index is 2.19. The molecule has 4 nitrogen and oxygen atoms in total. The van der Waals surface area contributed by atoms with Crippen LogP contribution in [-0.4, -0.2) is 25.0 Å². The summed E-state index contributed by atoms with van der Waals surface area (Å²) < 4.78 is 10.4. The molecular weight excluding hydrogens is 266 g/mol. The van der Waals surface area contributed by atoms with Crippen LogP contribution in [0, 0.1) is 0 Å². The van der Waals surface area contributed by atoms with Crippen molar-refractivity contribution >= 4 is 5.78 Å². The zero-order valence-corrected chi connectivity index (χ0v) is 12.6. The van der Waals surface area contributed by atoms with Crippen molar-refractivity contribution in [2.45, 2.75) is 19.8 Å². The minimum atomic E-state index is -0.0220. The molecule has 2 aromatic rings. The smallest absolute Gasteiger partial charge is 0.172 e. The van der Waals surface area contributed by atoms with Crippen LogP contribution in [0.25, 0.3) is 0 Å². The van der Waals surface area contributed by atoms with Crippen molar-refractivity contribution in [2.24, 2.45) is 0 Å². The molecule has 0 spiro atoms. The van der Waals surface area contributed by atoms with Gasteiger partial charge in [0.05, 0.1) is 26.2 Å². The lowest BCUT2D eigenvalue weighted by Gasteiger charge is -2.09. The second kappa shape index (κ2) is 6.88. The van der Waals surface area contributed by atoms with E-state index in [1.54, 1.807) is 32.4 Å². The third kappa shape index (κ3) is 3.60. The lowest BCUT2D eigenvalue weighted by atomic mass is 10.0. The van der Waals surface area contributed by atoms with Crippen molar-refractivity contribution < 1.29 is 14.3 Å². The molecule has 0 aliphatic rings. The van der Waals surface area contributed by atoms with Gasteiger partial charge in [-0.3, -0.25) is 9.78 Å². The molecule has 1 aromatic carbocycles. The molecular formula is C17H19NO3. The number of ketones is 1. The Morgan fingerprint density at radius 1 is 1.14 bits per heavy atom. The third-order valence-corrected chi connectivity index (χ3v) is 3.35. The second-order valence-corrected chi connectivity index (χ2v) is 4.68. The molecule has 0 bridgehead atoms. The highest BCUT2D eigenvalue weighted by Gasteiger charge is 2.14. The van der Waals surface area contributed by atoms with Gasteiger partial charge in [0.2, 0.25) is 0 Å². The average molecular weight is 285 g/mol. The Morgan fingerprint density at radius 2 is 1.95 bits per heavy atom. The van der Waals surface area contributed by atoms with Gasteiger partial charge in [0.15, 0.2) is 5.78 Å². The van der Waals surface area contributed by atoms with E-state index in [4.69, 9.17) is 9.47 Å². The molecule has 0 fully saturated rings. The zero-order chi connectivity index (χ0) is 15.2. The van der Waals surface area contributed by atoms with E-state index in [1.807, 2.05) is 18.3 Å². The summed E-state index contributed by atoms with van der Waals surface area (Å²) in [5.41, 5.74) is 2.46. The highest BCUT2D eigenvalue weighted by atomic mass is 16.5. The number of benzene rings is 1. The number of pyridine rings is 1. The molecule has 21 heavy (non-hydrogen) atoms. The summed E-state index contributed by atoms with van der Waals surface area (Å²) in [4.78, 5) is 16.7. The molecule has 0 saturated carbocycles. The first-order valence-corrected chi connectivity index (χ1v) is 6.87. The van der Waals surface area contributed by atoms with Gasteiger partial charge in [0, 0.05) is 18.0 Å². The van der Waals surface area contributed by atoms with Crippen LogP contribution in [0.5, 0.6) is 11.5 Å². The standard InChI is InChI=1S/C17H19NO3/c1-4-12-5-6-13(18-11-12)9-16(19)15-8-7-14(20-2)10-17(15)21-3/h5-8,10-11H,4,9H2,1-3H3. The fraction of sp³-hybridized carbons (Fsp3) is 0.294. The number of carbonyl (C=O) groups excluding carboxylic acids is 1. The van der Waals surface area contributed by atoms with Crippen molar-refractivity contribution in [1.29, 1.82) is 0 Å². The Bertz CT molecular complexity index is 620. The number of hydrogen-bond acceptors (Lipinski definition) is 4. The van der Waals surface area contributed by atoms with Crippen molar-refractivity contribution in [3.05, 3.63) is 53.3 Å². The lowest BCUT2D eigenvalue weighted by molar-refractivity contribution is 0.0989. The van der Waals surface area contributed by atoms with Crippen LogP contribution in [0.2, 0.25) is 0 Å². The molecule has 110 valence electrons. The minimum absolute atomic E-state index is 0.0220. The molecule has 2 rings (SSSR count). The number of methoxy groups -OCH3 is 2. The maximum Gasteiger partial charge on any atom is 0.172 e. The number of carbonyl (C=O) groups is 1. The maximum atomic E-state index is 12.4. The zero-order valence-electron chi connectivity index (χ0n) is 12.6. The SMILES string of the molecule is CCc1ccc(CC(=O)c2ccc(OC)cc2OC)nc1. The molecule has 0 saturated heterocycles. The van der Waals surface area contributed by atoms with E-state index in [0.29, 0.717) is 17.1 Å². The lowest BCUT2D eigenvalue weighted by Crippen LogP contribution is -2.07. The molecule has 1 heterocycles. The average Bonchev–Trinajstić information content (AvgIpc) is 2.54. The monoisotopic (exact) mass is 285 g/mol. The predicted molar refractivity (Wildman–Crippen MR) is 81.2 cm³/mol. The fourth-order valence-corrected chi connectivity index (χ4v) is 2.06. The van der Waals surface area contributed by atoms with E-state index in [-0.39, 0.29) is 12.2 Å². The molecule has 0 N–H and O–H groups in total. The van der Waals surface area contributed by atoms with E-state index < -0.39 is 0 Å². The summed E-state index contributed by atoms with van der Waals surface area (Å²) >= 11 is 0. The van der Waals surface area contributed by atoms with Gasteiger partial charge in [-0.25, -0.2) is 0 Å². The molecule has 0 amide bonds. The van der Waals surface area contributed by atoms with Gasteiger partial charge < -0.3 is 9.47 Å². The van der Waals surface area contributed by atoms with Gasteiger partial charge in [0.1, 0.15) is 11.5 Å². The van der Waals surface area contributed by atoms with E-state index in [1.165, 1.54) is 0 Å². The number of ether oxygens (including phenoxy) is 2. The van der Waals surface area contributed by atoms with Gasteiger partial charge in [-0.15, -0.1) is 0 Å². The number of hydrogen-bond donors (Lipinski definition) is 0. The molecule has 0 aliphatic carbocycles. The van der Waals surface area contributed by atoms with Crippen molar-refractivity contribution in [1.82, 2.24) is 4.98 Å². The first-order valence-electron chi connectivity index (χ1n) is 6.87. The quantitative estimate of drug-likeness (QED) is 0.765. The maximum absolute atomic E-state index is 12.4. The second-order valence-electron chi connectivity index (χ2n) is 4.68. The summed E-state index contributed by atoms with van der Waals surface area (Å²) in [5.74, 6) is 1.16. The summed E-state index contributed by atoms with van der Waals surface area (Å²) in [6.07, 6.45) is 3.01. The van der Waals surface area contributed by atoms with Crippen LogP contribution >= 0.6 is 0 Å². The van der Waals surface area contributed by atoms with Crippen molar-refractivity contribution in [2.75, 3.05) is 14.2 Å². The van der Waals surface area contributed by atoms with Crippen molar-refractivity contribution in [3.8, 4) is 11.5 Å². The van der Waals surface area contributed by atoms with E-state index in [9.17, 15) is 4.79 Å². The Kier molecular flexibility index (Phi) is 4.93. The minimum Gasteiger partial charge on any atom is -0.497 e. The van der Waals surface area contributed by atoms with E-state index in [2.05, 4.69) is 11.9 Å². The van der Waals surface area contributed by atoms with Crippen LogP contribution in [0.3, 0.4) is 0 Å². The Morgan fingerprint density at radius 3 is 2.52 bits per heavy atom. The normalized spacial score (nSPS) is 10.2. The highest BCUT2D eigenvalue weighted by molar-refractivity contribution is 6.00. The Labute approximate surface area is 124 Å². The van der Waals surface area contributed by atoms with Crippen LogP contribution in [0.4, 0.5) is 0 Å². The van der Waals surface area contributed by atoms with Gasteiger partial charge >= 0.3 is 0 Å². The molecule has 1 aromatic heterocycles. The summed E-state index contributed by atoms with van der Waals surface area (Å²) in [7, 11) is 3.12. The van der Waals surface area contributed by atoms with Gasteiger partial charge in [-0.1, -0.05) is 13.0 Å². The number of Topliss-reactive ketones (excluding diaryl/α,β-unsaturated/α-hetero) is 1. The summed E-state index contributed by atoms with van der Waals surface area (Å²) in [5, 5.41) is 0. The fourth-order valence-electron chi connectivity index (χ4n) is 2.06. The van der Waals surface area contributed by atoms with Crippen LogP contribution in [-0.2, 0) is 12.8 Å². The molecule has 0 aliphatic heterocycles. The first-order chi connectivity index (χ1) is 10.2. The largest absolute Gasteiger partial charge is 0.497 e. The summed E-state index contributed by atoms with van der Waals surface area (Å²) in [6, 6.07) is 9.08. The van der Waals surface area contributed by atoms with Crippen LogP contribution in [0.15, 0.2) is 36.5 Å². The first kappa shape index (κ1) is 15.0. The van der Waals surface area contributed by atoms with Gasteiger partial charge in [0.25, 0.3) is 0 Å². The van der Waals surface area contributed by atoms with E-state index in [0.717, 1.165) is 17.7 Å². The van der Waals surface area contributed by atoms with Gasteiger partial charge in [-0.05, 0) is 30.2 Å². The summed E-state index contributed by atoms with van der Waals surface area (Å²) in [6.45, 7) is 2.07. The van der Waals surface area contributed by atoms with Crippen molar-refractivity contribution in [3.63, 3.8) is 0 Å². The van der Waals surface area contributed by atoms with Crippen LogP contribution in [0.1, 0.15) is 28.5 Å². The van der Waals surface area contributed by atoms with Crippen LogP contribution < -0.4 is 9.47 Å². The van der Waals surface area contributed by atoms with Gasteiger partial charge in [-0.2, -0.15) is 0 Å². The molecule has 4 heteroatoms. The predicted octanol–water partition coefficient (Wildman–Crippen LogP) is 3.09. The number of aryl methyl sites for hydroxylation is 1. The number of aromatic nitrogens is 1. The molecule has 0 radical (unpaired) electrons.